The Morgan fingerprint density at radius 3 is 2.44 bits per heavy atom. The van der Waals surface area contributed by atoms with Gasteiger partial charge in [-0.25, -0.2) is 9.59 Å². The van der Waals surface area contributed by atoms with Gasteiger partial charge in [0, 0.05) is 18.0 Å². The third kappa shape index (κ3) is 4.87. The number of carbonyl (C=O) groups is 2. The van der Waals surface area contributed by atoms with Crippen molar-refractivity contribution < 1.29 is 18.7 Å². The fourth-order valence-electron chi connectivity index (χ4n) is 3.16. The molecule has 160 valence electrons. The fraction of sp³-hybridized carbons (Fsp3) is 0.0800. The van der Waals surface area contributed by atoms with Crippen LogP contribution in [0.2, 0.25) is 5.02 Å². The highest BCUT2D eigenvalue weighted by Crippen LogP contribution is 2.23. The zero-order chi connectivity index (χ0) is 22.5. The number of fused-ring (bicyclic) bond motifs is 1. The maximum Gasteiger partial charge on any atom is 0.349 e. The minimum Gasteiger partial charge on any atom is -0.423 e. The Morgan fingerprint density at radius 2 is 1.66 bits per heavy atom. The number of halogens is 1. The van der Waals surface area contributed by atoms with E-state index in [2.05, 4.69) is 5.32 Å². The summed E-state index contributed by atoms with van der Waals surface area (Å²) in [6.45, 7) is 0.386. The van der Waals surface area contributed by atoms with E-state index in [1.54, 1.807) is 36.4 Å². The SMILES string of the molecule is O=C(Oc1ccc2cc(C(=O)NCCc3ccccc3)c(=O)oc2c1)c1ccccc1Cl. The Kier molecular flexibility index (Phi) is 6.33. The Labute approximate surface area is 188 Å². The van der Waals surface area contributed by atoms with Crippen LogP contribution in [0.5, 0.6) is 5.75 Å². The van der Waals surface area contributed by atoms with Gasteiger partial charge in [-0.05, 0) is 42.3 Å². The highest BCUT2D eigenvalue weighted by Gasteiger charge is 2.16. The molecule has 0 fully saturated rings. The first-order valence-corrected chi connectivity index (χ1v) is 10.3. The van der Waals surface area contributed by atoms with Crippen LogP contribution in [0.1, 0.15) is 26.3 Å². The van der Waals surface area contributed by atoms with Crippen LogP contribution in [0.15, 0.2) is 88.1 Å². The van der Waals surface area contributed by atoms with Gasteiger partial charge in [-0.3, -0.25) is 4.79 Å². The average molecular weight is 448 g/mol. The van der Waals surface area contributed by atoms with Crippen LogP contribution < -0.4 is 15.7 Å². The van der Waals surface area contributed by atoms with Crippen molar-refractivity contribution in [2.45, 2.75) is 6.42 Å². The summed E-state index contributed by atoms with van der Waals surface area (Å²) in [4.78, 5) is 37.1. The van der Waals surface area contributed by atoms with E-state index in [0.717, 1.165) is 5.56 Å². The minimum atomic E-state index is -0.774. The predicted octanol–water partition coefficient (Wildman–Crippen LogP) is 4.64. The molecule has 32 heavy (non-hydrogen) atoms. The molecule has 6 nitrogen and oxygen atoms in total. The van der Waals surface area contributed by atoms with Gasteiger partial charge in [0.05, 0.1) is 10.6 Å². The Morgan fingerprint density at radius 1 is 0.906 bits per heavy atom. The van der Waals surface area contributed by atoms with E-state index < -0.39 is 17.5 Å². The van der Waals surface area contributed by atoms with E-state index in [1.165, 1.54) is 12.1 Å². The maximum absolute atomic E-state index is 12.4. The molecule has 4 aromatic rings. The Bertz CT molecular complexity index is 1350. The molecule has 0 radical (unpaired) electrons. The summed E-state index contributed by atoms with van der Waals surface area (Å²) in [5.74, 6) is -0.955. The lowest BCUT2D eigenvalue weighted by Gasteiger charge is -2.08. The van der Waals surface area contributed by atoms with Crippen LogP contribution in [-0.2, 0) is 6.42 Å². The minimum absolute atomic E-state index is 0.0913. The van der Waals surface area contributed by atoms with Gasteiger partial charge in [-0.2, -0.15) is 0 Å². The molecule has 1 N–H and O–H groups in total. The van der Waals surface area contributed by atoms with Crippen molar-refractivity contribution in [1.29, 1.82) is 0 Å². The van der Waals surface area contributed by atoms with E-state index in [1.807, 2.05) is 30.3 Å². The molecule has 1 aromatic heterocycles. The Hall–Kier alpha value is -3.90. The van der Waals surface area contributed by atoms with E-state index >= 15 is 0 Å². The first kappa shape index (κ1) is 21.3. The second kappa shape index (κ2) is 9.49. The second-order valence-corrected chi connectivity index (χ2v) is 7.42. The summed E-state index contributed by atoms with van der Waals surface area (Å²) < 4.78 is 10.6. The number of ether oxygens (including phenoxy) is 1. The smallest absolute Gasteiger partial charge is 0.349 e. The lowest BCUT2D eigenvalue weighted by molar-refractivity contribution is 0.0735. The van der Waals surface area contributed by atoms with Crippen LogP contribution in [0.25, 0.3) is 11.0 Å². The van der Waals surface area contributed by atoms with Gasteiger partial charge in [-0.1, -0.05) is 54.1 Å². The van der Waals surface area contributed by atoms with Crippen molar-refractivity contribution in [2.75, 3.05) is 6.54 Å². The van der Waals surface area contributed by atoms with Gasteiger partial charge >= 0.3 is 11.6 Å². The highest BCUT2D eigenvalue weighted by molar-refractivity contribution is 6.33. The summed E-state index contributed by atoms with van der Waals surface area (Å²) in [5, 5.41) is 3.53. The summed E-state index contributed by atoms with van der Waals surface area (Å²) in [7, 11) is 0. The molecule has 0 unspecified atom stereocenters. The molecule has 1 heterocycles. The van der Waals surface area contributed by atoms with Gasteiger partial charge in [0.1, 0.15) is 16.9 Å². The van der Waals surface area contributed by atoms with Crippen molar-refractivity contribution in [3.05, 3.63) is 111 Å². The van der Waals surface area contributed by atoms with Crippen LogP contribution in [0.3, 0.4) is 0 Å². The molecule has 0 aliphatic rings. The molecule has 0 aliphatic heterocycles. The molecule has 1 amide bonds. The number of hydrogen-bond donors (Lipinski definition) is 1. The number of carbonyl (C=O) groups excluding carboxylic acids is 2. The molecule has 4 rings (SSSR count). The van der Waals surface area contributed by atoms with Crippen LogP contribution in [0, 0.1) is 0 Å². The molecular formula is C25H18ClNO5. The van der Waals surface area contributed by atoms with Crippen molar-refractivity contribution in [2.24, 2.45) is 0 Å². The summed E-state index contributed by atoms with van der Waals surface area (Å²) in [6, 6.07) is 22.3. The lowest BCUT2D eigenvalue weighted by atomic mass is 10.1. The first-order valence-electron chi connectivity index (χ1n) is 9.88. The van der Waals surface area contributed by atoms with Crippen molar-refractivity contribution in [1.82, 2.24) is 5.32 Å². The molecule has 3 aromatic carbocycles. The second-order valence-electron chi connectivity index (χ2n) is 7.01. The zero-order valence-electron chi connectivity index (χ0n) is 16.8. The van der Waals surface area contributed by atoms with E-state index in [-0.39, 0.29) is 27.5 Å². The van der Waals surface area contributed by atoms with E-state index in [4.69, 9.17) is 20.8 Å². The van der Waals surface area contributed by atoms with E-state index in [0.29, 0.717) is 18.4 Å². The number of amides is 1. The highest BCUT2D eigenvalue weighted by atomic mass is 35.5. The zero-order valence-corrected chi connectivity index (χ0v) is 17.6. The third-order valence-electron chi connectivity index (χ3n) is 4.80. The molecule has 0 bridgehead atoms. The number of hydrogen-bond acceptors (Lipinski definition) is 5. The van der Waals surface area contributed by atoms with Crippen molar-refractivity contribution in [3.8, 4) is 5.75 Å². The lowest BCUT2D eigenvalue weighted by Crippen LogP contribution is -2.29. The number of nitrogens with one attached hydrogen (secondary N) is 1. The van der Waals surface area contributed by atoms with Gasteiger partial charge in [0.2, 0.25) is 0 Å². The average Bonchev–Trinajstić information content (AvgIpc) is 2.79. The molecule has 7 heteroatoms. The van der Waals surface area contributed by atoms with Crippen LogP contribution in [-0.4, -0.2) is 18.4 Å². The van der Waals surface area contributed by atoms with Crippen LogP contribution in [0.4, 0.5) is 0 Å². The normalized spacial score (nSPS) is 10.7. The standard InChI is InChI=1S/C25H18ClNO5/c26-21-9-5-4-8-19(21)24(29)31-18-11-10-17-14-20(25(30)32-22(17)15-18)23(28)27-13-12-16-6-2-1-3-7-16/h1-11,14-15H,12-13H2,(H,27,28). The number of esters is 1. The first-order chi connectivity index (χ1) is 15.5. The molecule has 0 aliphatic carbocycles. The van der Waals surface area contributed by atoms with Gasteiger partial charge in [0.25, 0.3) is 5.91 Å². The number of rotatable bonds is 6. The molecule has 0 atom stereocenters. The van der Waals surface area contributed by atoms with Crippen molar-refractivity contribution >= 4 is 34.4 Å². The quantitative estimate of drug-likeness (QED) is 0.264. The van der Waals surface area contributed by atoms with Gasteiger partial charge < -0.3 is 14.5 Å². The molecule has 0 saturated carbocycles. The van der Waals surface area contributed by atoms with Crippen LogP contribution >= 0.6 is 11.6 Å². The third-order valence-corrected chi connectivity index (χ3v) is 5.13. The monoisotopic (exact) mass is 447 g/mol. The van der Waals surface area contributed by atoms with E-state index in [9.17, 15) is 14.4 Å². The van der Waals surface area contributed by atoms with Gasteiger partial charge in [-0.15, -0.1) is 0 Å². The molecule has 0 spiro atoms. The topological polar surface area (TPSA) is 85.6 Å². The summed E-state index contributed by atoms with van der Waals surface area (Å²) in [5.41, 5.74) is 0.631. The van der Waals surface area contributed by atoms with Crippen molar-refractivity contribution in [3.63, 3.8) is 0 Å². The summed E-state index contributed by atoms with van der Waals surface area (Å²) >= 11 is 6.02. The maximum atomic E-state index is 12.4. The largest absolute Gasteiger partial charge is 0.423 e. The summed E-state index contributed by atoms with van der Waals surface area (Å²) in [6.07, 6.45) is 0.644. The van der Waals surface area contributed by atoms with Gasteiger partial charge in [0.15, 0.2) is 0 Å². The Balaban J connectivity index is 1.48. The molecule has 0 saturated heterocycles. The molecular weight excluding hydrogens is 430 g/mol. The fourth-order valence-corrected chi connectivity index (χ4v) is 3.38. The number of benzene rings is 3. The predicted molar refractivity (Wildman–Crippen MR) is 121 cm³/mol.